The minimum atomic E-state index is -4.08. The number of benzene rings is 1. The van der Waals surface area contributed by atoms with Crippen LogP contribution in [0.4, 0.5) is 5.69 Å². The second-order valence-electron chi connectivity index (χ2n) is 6.54. The summed E-state index contributed by atoms with van der Waals surface area (Å²) in [6, 6.07) is 3.26. The van der Waals surface area contributed by atoms with Gasteiger partial charge < -0.3 is 14.8 Å². The molecular formula is C18H25N5O7S. The molecule has 0 bridgehead atoms. The van der Waals surface area contributed by atoms with Gasteiger partial charge in [0.1, 0.15) is 10.6 Å². The summed E-state index contributed by atoms with van der Waals surface area (Å²) in [7, 11) is -1.04. The Morgan fingerprint density at radius 1 is 1.32 bits per heavy atom. The van der Waals surface area contributed by atoms with Crippen LogP contribution in [0.5, 0.6) is 11.6 Å². The maximum atomic E-state index is 12.7. The van der Waals surface area contributed by atoms with Gasteiger partial charge in [-0.25, -0.2) is 17.8 Å². The summed E-state index contributed by atoms with van der Waals surface area (Å²) < 4.78 is 39.7. The Balaban J connectivity index is 2.44. The number of hydrogen-bond acceptors (Lipinski definition) is 8. The molecule has 0 saturated carbocycles. The molecule has 0 unspecified atom stereocenters. The number of aryl methyl sites for hydroxylation is 1. The lowest BCUT2D eigenvalue weighted by atomic mass is 10.2. The lowest BCUT2D eigenvalue weighted by Crippen LogP contribution is -2.27. The number of ether oxygens (including phenoxy) is 2. The zero-order valence-corrected chi connectivity index (χ0v) is 18.5. The monoisotopic (exact) mass is 455 g/mol. The second kappa shape index (κ2) is 10.3. The van der Waals surface area contributed by atoms with Gasteiger partial charge >= 0.3 is 0 Å². The highest BCUT2D eigenvalue weighted by Crippen LogP contribution is 2.34. The van der Waals surface area contributed by atoms with E-state index >= 15 is 0 Å². The van der Waals surface area contributed by atoms with E-state index in [1.807, 2.05) is 0 Å². The predicted octanol–water partition coefficient (Wildman–Crippen LogP) is 1.49. The summed E-state index contributed by atoms with van der Waals surface area (Å²) in [6.07, 6.45) is 0.534. The van der Waals surface area contributed by atoms with Crippen molar-refractivity contribution in [2.45, 2.75) is 25.2 Å². The number of nitro benzene ring substituents is 1. The second-order valence-corrected chi connectivity index (χ2v) is 8.27. The van der Waals surface area contributed by atoms with Crippen LogP contribution >= 0.6 is 0 Å². The van der Waals surface area contributed by atoms with E-state index in [1.165, 1.54) is 24.9 Å². The summed E-state index contributed by atoms with van der Waals surface area (Å²) in [5, 5.41) is 17.9. The summed E-state index contributed by atoms with van der Waals surface area (Å²) in [5.41, 5.74) is 0.0776. The smallest absolute Gasteiger partial charge is 0.272 e. The fourth-order valence-electron chi connectivity index (χ4n) is 2.65. The number of nitro groups is 1. The summed E-state index contributed by atoms with van der Waals surface area (Å²) in [6.45, 7) is 4.15. The van der Waals surface area contributed by atoms with Crippen LogP contribution in [-0.4, -0.2) is 55.8 Å². The Kier molecular flexibility index (Phi) is 8.08. The molecule has 2 aromatic rings. The molecule has 0 fully saturated rings. The van der Waals surface area contributed by atoms with Gasteiger partial charge in [0.2, 0.25) is 15.9 Å². The molecule has 2 rings (SSSR count). The highest BCUT2D eigenvalue weighted by molar-refractivity contribution is 7.89. The number of non-ortho nitro benzene ring substituents is 1. The van der Waals surface area contributed by atoms with Crippen molar-refractivity contribution in [3.63, 3.8) is 0 Å². The van der Waals surface area contributed by atoms with Gasteiger partial charge in [-0.05, 0) is 19.4 Å². The molecule has 0 aliphatic rings. The van der Waals surface area contributed by atoms with Crippen LogP contribution in [0, 0.1) is 17.0 Å². The van der Waals surface area contributed by atoms with Gasteiger partial charge in [-0.15, -0.1) is 0 Å². The number of carbonyl (C=O) groups is 1. The van der Waals surface area contributed by atoms with Gasteiger partial charge in [0.15, 0.2) is 5.69 Å². The average Bonchev–Trinajstić information content (AvgIpc) is 3.00. The maximum Gasteiger partial charge on any atom is 0.272 e. The van der Waals surface area contributed by atoms with Crippen LogP contribution in [0.3, 0.4) is 0 Å². The molecule has 0 aliphatic heterocycles. The lowest BCUT2D eigenvalue weighted by Gasteiger charge is -2.13. The van der Waals surface area contributed by atoms with E-state index in [0.29, 0.717) is 18.6 Å². The van der Waals surface area contributed by atoms with Gasteiger partial charge in [-0.1, -0.05) is 6.92 Å². The van der Waals surface area contributed by atoms with Crippen molar-refractivity contribution in [1.82, 2.24) is 19.8 Å². The SMILES string of the molecule is CCCNS(=O)(=O)c1cc([N+](=O)[O-])ccc1Oc1c(C)c(C(=O)NCCOC)nn1C. The quantitative estimate of drug-likeness (QED) is 0.293. The Labute approximate surface area is 179 Å². The fourth-order valence-corrected chi connectivity index (χ4v) is 3.92. The Hall–Kier alpha value is -3.03. The third kappa shape index (κ3) is 5.77. The molecule has 1 aromatic carbocycles. The number of rotatable bonds is 11. The van der Waals surface area contributed by atoms with Crippen molar-refractivity contribution in [2.24, 2.45) is 7.05 Å². The molecule has 0 atom stereocenters. The zero-order valence-electron chi connectivity index (χ0n) is 17.7. The first kappa shape index (κ1) is 24.2. The molecule has 0 aliphatic carbocycles. The van der Waals surface area contributed by atoms with Crippen molar-refractivity contribution in [1.29, 1.82) is 0 Å². The third-order valence-electron chi connectivity index (χ3n) is 4.20. The molecular weight excluding hydrogens is 430 g/mol. The largest absolute Gasteiger partial charge is 0.438 e. The number of carbonyl (C=O) groups excluding carboxylic acids is 1. The summed E-state index contributed by atoms with van der Waals surface area (Å²) in [4.78, 5) is 22.4. The van der Waals surface area contributed by atoms with E-state index in [0.717, 1.165) is 12.1 Å². The first-order valence-electron chi connectivity index (χ1n) is 9.39. The van der Waals surface area contributed by atoms with Crippen molar-refractivity contribution >= 4 is 21.6 Å². The molecule has 2 N–H and O–H groups in total. The van der Waals surface area contributed by atoms with Crippen LogP contribution in [0.2, 0.25) is 0 Å². The van der Waals surface area contributed by atoms with Gasteiger partial charge in [0, 0.05) is 44.9 Å². The van der Waals surface area contributed by atoms with Crippen LogP contribution in [0.1, 0.15) is 29.4 Å². The van der Waals surface area contributed by atoms with E-state index in [1.54, 1.807) is 13.8 Å². The van der Waals surface area contributed by atoms with E-state index in [-0.39, 0.29) is 35.3 Å². The Bertz CT molecular complexity index is 1070. The first-order valence-corrected chi connectivity index (χ1v) is 10.9. The molecule has 0 saturated heterocycles. The highest BCUT2D eigenvalue weighted by atomic mass is 32.2. The molecule has 1 aromatic heterocycles. The van der Waals surface area contributed by atoms with Crippen LogP contribution in [0.25, 0.3) is 0 Å². The number of aromatic nitrogens is 2. The van der Waals surface area contributed by atoms with Crippen molar-refractivity contribution in [2.75, 3.05) is 26.8 Å². The number of nitrogens with one attached hydrogen (secondary N) is 2. The van der Waals surface area contributed by atoms with Crippen LogP contribution in [0.15, 0.2) is 23.1 Å². The first-order chi connectivity index (χ1) is 14.6. The highest BCUT2D eigenvalue weighted by Gasteiger charge is 2.26. The Morgan fingerprint density at radius 2 is 2.03 bits per heavy atom. The molecule has 31 heavy (non-hydrogen) atoms. The van der Waals surface area contributed by atoms with Gasteiger partial charge in [-0.3, -0.25) is 14.9 Å². The topological polar surface area (TPSA) is 155 Å². The summed E-state index contributed by atoms with van der Waals surface area (Å²) in [5.74, 6) is -0.453. The van der Waals surface area contributed by atoms with E-state index < -0.39 is 26.5 Å². The lowest BCUT2D eigenvalue weighted by molar-refractivity contribution is -0.385. The molecule has 12 nitrogen and oxygen atoms in total. The predicted molar refractivity (Wildman–Crippen MR) is 111 cm³/mol. The van der Waals surface area contributed by atoms with Crippen molar-refractivity contribution < 1.29 is 27.6 Å². The zero-order chi connectivity index (χ0) is 23.2. The molecule has 170 valence electrons. The molecule has 0 spiro atoms. The Morgan fingerprint density at radius 3 is 2.65 bits per heavy atom. The minimum Gasteiger partial charge on any atom is -0.438 e. The molecule has 13 heteroatoms. The van der Waals surface area contributed by atoms with Crippen molar-refractivity contribution in [3.05, 3.63) is 39.6 Å². The van der Waals surface area contributed by atoms with E-state index in [4.69, 9.17) is 9.47 Å². The van der Waals surface area contributed by atoms with Gasteiger partial charge in [0.05, 0.1) is 11.5 Å². The van der Waals surface area contributed by atoms with Crippen LogP contribution < -0.4 is 14.8 Å². The summed E-state index contributed by atoms with van der Waals surface area (Å²) >= 11 is 0. The molecule has 0 radical (unpaired) electrons. The van der Waals surface area contributed by atoms with E-state index in [2.05, 4.69) is 15.1 Å². The van der Waals surface area contributed by atoms with Gasteiger partial charge in [0.25, 0.3) is 11.6 Å². The van der Waals surface area contributed by atoms with Crippen molar-refractivity contribution in [3.8, 4) is 11.6 Å². The number of nitrogens with zero attached hydrogens (tertiary/aromatic N) is 3. The van der Waals surface area contributed by atoms with Crippen LogP contribution in [-0.2, 0) is 21.8 Å². The van der Waals surface area contributed by atoms with Gasteiger partial charge in [-0.2, -0.15) is 5.10 Å². The molecule has 1 amide bonds. The number of methoxy groups -OCH3 is 1. The minimum absolute atomic E-state index is 0.101. The standard InChI is InChI=1S/C18H25N5O7S/c1-5-8-20-31(27,28)15-11-13(23(25)26)6-7-14(15)30-18-12(2)16(21-22(18)3)17(24)19-9-10-29-4/h6-7,11,20H,5,8-10H2,1-4H3,(H,19,24). The molecule has 1 heterocycles. The van der Waals surface area contributed by atoms with E-state index in [9.17, 15) is 23.3 Å². The normalized spacial score (nSPS) is 11.4. The number of hydrogen-bond donors (Lipinski definition) is 2. The fraction of sp³-hybridized carbons (Fsp3) is 0.444. The third-order valence-corrected chi connectivity index (χ3v) is 5.69. The average molecular weight is 455 g/mol. The maximum absolute atomic E-state index is 12.7. The number of amides is 1. The number of sulfonamides is 1.